The van der Waals surface area contributed by atoms with Gasteiger partial charge in [0.25, 0.3) is 5.91 Å². The van der Waals surface area contributed by atoms with Crippen LogP contribution in [0.25, 0.3) is 0 Å². The van der Waals surface area contributed by atoms with Gasteiger partial charge in [-0.2, -0.15) is 0 Å². The van der Waals surface area contributed by atoms with Crippen LogP contribution in [0.15, 0.2) is 24.3 Å². The van der Waals surface area contributed by atoms with Crippen LogP contribution >= 0.6 is 0 Å². The van der Waals surface area contributed by atoms with Crippen molar-refractivity contribution in [2.24, 2.45) is 5.92 Å². The van der Waals surface area contributed by atoms with E-state index in [4.69, 9.17) is 0 Å². The van der Waals surface area contributed by atoms with Gasteiger partial charge in [-0.25, -0.2) is 9.18 Å². The fraction of sp³-hybridized carbons (Fsp3) is 0.467. The van der Waals surface area contributed by atoms with Gasteiger partial charge in [-0.1, -0.05) is 6.42 Å². The molecule has 21 heavy (non-hydrogen) atoms. The third-order valence-corrected chi connectivity index (χ3v) is 3.58. The van der Waals surface area contributed by atoms with Gasteiger partial charge in [0, 0.05) is 25.2 Å². The molecule has 0 saturated heterocycles. The van der Waals surface area contributed by atoms with Gasteiger partial charge in [-0.3, -0.25) is 4.79 Å². The summed E-state index contributed by atoms with van der Waals surface area (Å²) < 4.78 is 12.7. The maximum atomic E-state index is 12.7. The van der Waals surface area contributed by atoms with Crippen LogP contribution in [0.5, 0.6) is 0 Å². The predicted molar refractivity (Wildman–Crippen MR) is 77.5 cm³/mol. The smallest absolute Gasteiger partial charge is 0.314 e. The third-order valence-electron chi connectivity index (χ3n) is 3.58. The topological polar surface area (TPSA) is 70.2 Å². The second-order valence-electron chi connectivity index (χ2n) is 5.20. The van der Waals surface area contributed by atoms with Crippen molar-refractivity contribution in [1.82, 2.24) is 16.0 Å². The number of urea groups is 1. The van der Waals surface area contributed by atoms with Crippen LogP contribution in [-0.4, -0.2) is 31.6 Å². The molecule has 2 rings (SSSR count). The highest BCUT2D eigenvalue weighted by atomic mass is 19.1. The van der Waals surface area contributed by atoms with E-state index in [2.05, 4.69) is 16.0 Å². The Hall–Kier alpha value is -2.11. The molecule has 0 spiro atoms. The minimum Gasteiger partial charge on any atom is -0.350 e. The molecule has 1 fully saturated rings. The van der Waals surface area contributed by atoms with E-state index in [1.807, 2.05) is 0 Å². The molecule has 0 aromatic heterocycles. The number of carbonyl (C=O) groups excluding carboxylic acids is 2. The summed E-state index contributed by atoms with van der Waals surface area (Å²) in [5.41, 5.74) is 0.394. The van der Waals surface area contributed by atoms with Gasteiger partial charge < -0.3 is 16.0 Å². The van der Waals surface area contributed by atoms with Crippen LogP contribution < -0.4 is 16.0 Å². The largest absolute Gasteiger partial charge is 0.350 e. The maximum Gasteiger partial charge on any atom is 0.314 e. The van der Waals surface area contributed by atoms with E-state index in [0.29, 0.717) is 31.1 Å². The van der Waals surface area contributed by atoms with Crippen molar-refractivity contribution in [3.63, 3.8) is 0 Å². The van der Waals surface area contributed by atoms with Crippen LogP contribution in [0, 0.1) is 11.7 Å². The monoisotopic (exact) mass is 293 g/mol. The molecule has 1 aromatic rings. The lowest BCUT2D eigenvalue weighted by atomic mass is 9.85. The van der Waals surface area contributed by atoms with Crippen molar-refractivity contribution in [1.29, 1.82) is 0 Å². The lowest BCUT2D eigenvalue weighted by Crippen LogP contribution is -2.42. The molecular weight excluding hydrogens is 273 g/mol. The molecule has 0 heterocycles. The van der Waals surface area contributed by atoms with Crippen molar-refractivity contribution < 1.29 is 14.0 Å². The average Bonchev–Trinajstić information content (AvgIpc) is 2.42. The molecular formula is C15H20FN3O2. The zero-order chi connectivity index (χ0) is 15.1. The van der Waals surface area contributed by atoms with E-state index in [9.17, 15) is 14.0 Å². The Morgan fingerprint density at radius 2 is 1.71 bits per heavy atom. The average molecular weight is 293 g/mol. The molecule has 3 N–H and O–H groups in total. The van der Waals surface area contributed by atoms with E-state index in [1.54, 1.807) is 0 Å². The standard InChI is InChI=1S/C15H20FN3O2/c16-13-6-4-12(5-7-13)14(20)17-8-9-18-15(21)19-10-11-2-1-3-11/h4-7,11H,1-3,8-10H2,(H,17,20)(H2,18,19,21). The lowest BCUT2D eigenvalue weighted by molar-refractivity contribution is 0.0954. The van der Waals surface area contributed by atoms with Crippen LogP contribution in [0.2, 0.25) is 0 Å². The summed E-state index contributed by atoms with van der Waals surface area (Å²) >= 11 is 0. The van der Waals surface area contributed by atoms with Gasteiger partial charge in [-0.05, 0) is 43.0 Å². The first-order valence-corrected chi connectivity index (χ1v) is 7.20. The van der Waals surface area contributed by atoms with Gasteiger partial charge in [0.1, 0.15) is 5.82 Å². The number of rotatable bonds is 6. The highest BCUT2D eigenvalue weighted by Crippen LogP contribution is 2.24. The highest BCUT2D eigenvalue weighted by Gasteiger charge is 2.17. The number of amides is 3. The minimum atomic E-state index is -0.378. The molecule has 0 radical (unpaired) electrons. The first kappa shape index (κ1) is 15.3. The normalized spacial score (nSPS) is 14.1. The molecule has 1 aromatic carbocycles. The van der Waals surface area contributed by atoms with Gasteiger partial charge >= 0.3 is 6.03 Å². The van der Waals surface area contributed by atoms with Crippen molar-refractivity contribution in [2.45, 2.75) is 19.3 Å². The van der Waals surface area contributed by atoms with Gasteiger partial charge in [-0.15, -0.1) is 0 Å². The number of hydrogen-bond acceptors (Lipinski definition) is 2. The Kier molecular flexibility index (Phi) is 5.54. The van der Waals surface area contributed by atoms with Crippen LogP contribution in [0.4, 0.5) is 9.18 Å². The molecule has 1 aliphatic carbocycles. The summed E-state index contributed by atoms with van der Waals surface area (Å²) in [7, 11) is 0. The fourth-order valence-corrected chi connectivity index (χ4v) is 2.05. The van der Waals surface area contributed by atoms with Crippen molar-refractivity contribution in [3.8, 4) is 0 Å². The molecule has 5 nitrogen and oxygen atoms in total. The molecule has 0 bridgehead atoms. The Morgan fingerprint density at radius 3 is 2.33 bits per heavy atom. The van der Waals surface area contributed by atoms with Gasteiger partial charge in [0.05, 0.1) is 0 Å². The first-order chi connectivity index (χ1) is 10.1. The Morgan fingerprint density at radius 1 is 1.05 bits per heavy atom. The Labute approximate surface area is 123 Å². The second kappa shape index (κ2) is 7.61. The lowest BCUT2D eigenvalue weighted by Gasteiger charge is -2.25. The summed E-state index contributed by atoms with van der Waals surface area (Å²) in [5, 5.41) is 8.14. The third kappa shape index (κ3) is 5.06. The van der Waals surface area contributed by atoms with E-state index >= 15 is 0 Å². The van der Waals surface area contributed by atoms with Crippen LogP contribution in [0.3, 0.4) is 0 Å². The molecule has 0 unspecified atom stereocenters. The molecule has 6 heteroatoms. The van der Waals surface area contributed by atoms with Crippen LogP contribution in [0.1, 0.15) is 29.6 Å². The van der Waals surface area contributed by atoms with E-state index in [1.165, 1.54) is 43.5 Å². The second-order valence-corrected chi connectivity index (χ2v) is 5.20. The van der Waals surface area contributed by atoms with Crippen molar-refractivity contribution >= 4 is 11.9 Å². The predicted octanol–water partition coefficient (Wildman–Crippen LogP) is 1.65. The quantitative estimate of drug-likeness (QED) is 0.698. The number of halogens is 1. The van der Waals surface area contributed by atoms with Crippen molar-refractivity contribution in [2.75, 3.05) is 19.6 Å². The van der Waals surface area contributed by atoms with E-state index in [-0.39, 0.29) is 17.8 Å². The number of hydrogen-bond donors (Lipinski definition) is 3. The number of carbonyl (C=O) groups is 2. The zero-order valence-electron chi connectivity index (χ0n) is 11.8. The summed E-state index contributed by atoms with van der Waals surface area (Å²) in [5.74, 6) is -0.0445. The number of nitrogens with one attached hydrogen (secondary N) is 3. The van der Waals surface area contributed by atoms with Gasteiger partial charge in [0.2, 0.25) is 0 Å². The fourth-order valence-electron chi connectivity index (χ4n) is 2.05. The van der Waals surface area contributed by atoms with Crippen molar-refractivity contribution in [3.05, 3.63) is 35.6 Å². The van der Waals surface area contributed by atoms with Gasteiger partial charge in [0.15, 0.2) is 0 Å². The highest BCUT2D eigenvalue weighted by molar-refractivity contribution is 5.94. The molecule has 0 atom stereocenters. The summed E-state index contributed by atoms with van der Waals surface area (Å²) in [4.78, 5) is 23.2. The van der Waals surface area contributed by atoms with E-state index < -0.39 is 0 Å². The maximum absolute atomic E-state index is 12.7. The number of benzene rings is 1. The van der Waals surface area contributed by atoms with E-state index in [0.717, 1.165) is 0 Å². The first-order valence-electron chi connectivity index (χ1n) is 7.20. The molecule has 3 amide bonds. The molecule has 0 aliphatic heterocycles. The summed E-state index contributed by atoms with van der Waals surface area (Å²) in [6.07, 6.45) is 3.63. The molecule has 1 aliphatic rings. The Bertz CT molecular complexity index is 486. The van der Waals surface area contributed by atoms with Crippen LogP contribution in [-0.2, 0) is 0 Å². The summed E-state index contributed by atoms with van der Waals surface area (Å²) in [6.45, 7) is 1.39. The Balaban J connectivity index is 1.57. The molecule has 114 valence electrons. The summed E-state index contributed by atoms with van der Waals surface area (Å²) in [6, 6.07) is 5.10. The minimum absolute atomic E-state index is 0.210. The molecule has 1 saturated carbocycles. The zero-order valence-corrected chi connectivity index (χ0v) is 11.8. The SMILES string of the molecule is O=C(NCCNC(=O)c1ccc(F)cc1)NCC1CCC1.